The molecule has 0 aliphatic carbocycles. The fourth-order valence-electron chi connectivity index (χ4n) is 5.14. The van der Waals surface area contributed by atoms with Crippen LogP contribution >= 0.6 is 25.1 Å². The monoisotopic (exact) mass is 704 g/mol. The lowest BCUT2D eigenvalue weighted by Crippen LogP contribution is -2.50. The van der Waals surface area contributed by atoms with Crippen LogP contribution < -0.4 is 10.1 Å². The number of nitrogens with zero attached hydrogens (tertiary/aromatic N) is 1. The first-order chi connectivity index (χ1) is 23.2. The summed E-state index contributed by atoms with van der Waals surface area (Å²) in [4.78, 5) is 40.5. The van der Waals surface area contributed by atoms with E-state index in [1.165, 1.54) is 0 Å². The average molecular weight is 705 g/mol. The number of carbonyl (C=O) groups excluding carboxylic acids is 3. The molecule has 1 saturated heterocycles. The van der Waals surface area contributed by atoms with Crippen LogP contribution in [0.2, 0.25) is 5.02 Å². The first-order valence-electron chi connectivity index (χ1n) is 17.1. The molecule has 1 heterocycles. The second-order valence-corrected chi connectivity index (χ2v) is 12.8. The lowest BCUT2D eigenvalue weighted by atomic mass is 10.0. The fraction of sp³-hybridized carbons (Fsp3) is 0.390. The molecule has 0 radical (unpaired) electrons. The van der Waals surface area contributed by atoms with Gasteiger partial charge < -0.3 is 15.0 Å². The van der Waals surface area contributed by atoms with E-state index in [0.717, 1.165) is 44.9 Å². The zero-order chi connectivity index (χ0) is 34.6. The van der Waals surface area contributed by atoms with Gasteiger partial charge in [-0.2, -0.15) is 13.5 Å². The van der Waals surface area contributed by atoms with Crippen molar-refractivity contribution < 1.29 is 19.1 Å². The smallest absolute Gasteiger partial charge is 0.263 e. The van der Waals surface area contributed by atoms with Crippen molar-refractivity contribution in [3.63, 3.8) is 0 Å². The molecule has 8 heteroatoms. The van der Waals surface area contributed by atoms with Crippen LogP contribution in [-0.2, 0) is 9.59 Å². The minimum atomic E-state index is -1.14. The number of halogens is 1. The first-order valence-corrected chi connectivity index (χ1v) is 17.5. The molecule has 0 aromatic heterocycles. The number of hydrogen-bond donors (Lipinski definition) is 1. The number of allylic oxidation sites excluding steroid dienone is 10. The van der Waals surface area contributed by atoms with Crippen molar-refractivity contribution in [1.82, 2.24) is 10.2 Å². The van der Waals surface area contributed by atoms with E-state index < -0.39 is 5.60 Å². The maximum absolute atomic E-state index is 13.1. The topological polar surface area (TPSA) is 75.7 Å². The molecule has 2 aromatic carbocycles. The number of carbonyl (C=O) groups is 3. The Kier molecular flexibility index (Phi) is 19.2. The summed E-state index contributed by atoms with van der Waals surface area (Å²) in [5.74, 6) is 0.243. The molecule has 264 valence electrons. The van der Waals surface area contributed by atoms with Crippen LogP contribution in [0.15, 0.2) is 109 Å². The molecular formula is C41H53ClN2O4S. The zero-order valence-electron chi connectivity index (χ0n) is 29.2. The second kappa shape index (κ2) is 22.8. The summed E-state index contributed by atoms with van der Waals surface area (Å²) in [6, 6.07) is 13.4. The molecule has 1 atom stereocenters. The number of amides is 2. The Morgan fingerprint density at radius 1 is 0.816 bits per heavy atom. The normalized spacial score (nSPS) is 15.2. The minimum Gasteiger partial charge on any atom is -0.478 e. The zero-order valence-corrected chi connectivity index (χ0v) is 31.0. The number of unbranched alkanes of at least 4 members (excludes halogenated alkanes) is 1. The molecule has 0 spiro atoms. The standard InChI is InChI=1S/C41H51ClN2O4.H2S/c1-4-5-6-7-8-9-10-11-12-13-14-15-16-17-18-19-20-21-38(45)44-31-30-36(32-44)43-40(47)41(2,3)48-37-28-24-34(25-29-37)39(46)33-22-26-35(42)27-23-33;/h5-6,8-9,11-12,14-15,17-18,22-29,36H,4,7,10,13,16,19-21,30-32H2,1-3H3,(H,43,47);1H2/b6-5-,9-8-,12-11-,15-14-,18-17-;/t36-;/m0./s1. The van der Waals surface area contributed by atoms with Gasteiger partial charge in [-0.15, -0.1) is 0 Å². The highest BCUT2D eigenvalue weighted by Gasteiger charge is 2.34. The van der Waals surface area contributed by atoms with E-state index in [2.05, 4.69) is 73.0 Å². The molecule has 3 rings (SSSR count). The first kappa shape index (κ1) is 41.4. The Bertz CT molecular complexity index is 1460. The number of benzene rings is 2. The van der Waals surface area contributed by atoms with Gasteiger partial charge in [0, 0.05) is 41.7 Å². The number of likely N-dealkylation sites (tertiary alicyclic amines) is 1. The predicted octanol–water partition coefficient (Wildman–Crippen LogP) is 9.48. The van der Waals surface area contributed by atoms with Crippen LogP contribution in [0.25, 0.3) is 0 Å². The van der Waals surface area contributed by atoms with Gasteiger partial charge in [-0.3, -0.25) is 14.4 Å². The van der Waals surface area contributed by atoms with Gasteiger partial charge >= 0.3 is 0 Å². The van der Waals surface area contributed by atoms with E-state index in [0.29, 0.717) is 47.8 Å². The summed E-state index contributed by atoms with van der Waals surface area (Å²) in [7, 11) is 0. The third-order valence-electron chi connectivity index (χ3n) is 7.94. The second-order valence-electron chi connectivity index (χ2n) is 12.4. The van der Waals surface area contributed by atoms with Gasteiger partial charge in [-0.25, -0.2) is 0 Å². The predicted molar refractivity (Wildman–Crippen MR) is 208 cm³/mol. The van der Waals surface area contributed by atoms with Gasteiger partial charge in [0.25, 0.3) is 5.91 Å². The summed E-state index contributed by atoms with van der Waals surface area (Å²) in [6.45, 7) is 6.70. The van der Waals surface area contributed by atoms with Crippen molar-refractivity contribution in [3.05, 3.63) is 125 Å². The molecule has 49 heavy (non-hydrogen) atoms. The van der Waals surface area contributed by atoms with E-state index >= 15 is 0 Å². The number of ether oxygens (including phenoxy) is 1. The Morgan fingerprint density at radius 3 is 1.88 bits per heavy atom. The Morgan fingerprint density at radius 2 is 1.33 bits per heavy atom. The Hall–Kier alpha value is -3.81. The third-order valence-corrected chi connectivity index (χ3v) is 8.19. The molecule has 1 fully saturated rings. The number of hydrogen-bond acceptors (Lipinski definition) is 4. The lowest BCUT2D eigenvalue weighted by Gasteiger charge is -2.27. The molecule has 1 aliphatic rings. The van der Waals surface area contributed by atoms with Gasteiger partial charge in [0.15, 0.2) is 11.4 Å². The Balaban J connectivity index is 0.00000833. The summed E-state index contributed by atoms with van der Waals surface area (Å²) in [5.41, 5.74) is -0.0805. The number of ketones is 1. The molecule has 2 aromatic rings. The Labute approximate surface area is 305 Å². The van der Waals surface area contributed by atoms with Crippen LogP contribution in [0.1, 0.15) is 94.5 Å². The van der Waals surface area contributed by atoms with E-state index in [1.54, 1.807) is 62.4 Å². The highest BCUT2D eigenvalue weighted by atomic mass is 35.5. The molecule has 0 bridgehead atoms. The van der Waals surface area contributed by atoms with Crippen molar-refractivity contribution in [2.24, 2.45) is 0 Å². The maximum atomic E-state index is 13.1. The summed E-state index contributed by atoms with van der Waals surface area (Å²) in [6.07, 6.45) is 29.6. The molecule has 6 nitrogen and oxygen atoms in total. The van der Waals surface area contributed by atoms with Crippen LogP contribution in [0.4, 0.5) is 0 Å². The van der Waals surface area contributed by atoms with E-state index in [1.807, 2.05) is 4.90 Å². The van der Waals surface area contributed by atoms with Gasteiger partial charge in [-0.05, 0) is 114 Å². The maximum Gasteiger partial charge on any atom is 0.263 e. The van der Waals surface area contributed by atoms with E-state index in [9.17, 15) is 14.4 Å². The molecule has 1 aliphatic heterocycles. The summed E-state index contributed by atoms with van der Waals surface area (Å²) >= 11 is 5.93. The van der Waals surface area contributed by atoms with Crippen molar-refractivity contribution in [2.75, 3.05) is 13.1 Å². The van der Waals surface area contributed by atoms with Crippen molar-refractivity contribution >= 4 is 42.7 Å². The van der Waals surface area contributed by atoms with Crippen LogP contribution in [-0.4, -0.2) is 47.2 Å². The van der Waals surface area contributed by atoms with Crippen LogP contribution in [0, 0.1) is 0 Å². The van der Waals surface area contributed by atoms with Crippen molar-refractivity contribution in [1.29, 1.82) is 0 Å². The third kappa shape index (κ3) is 15.5. The summed E-state index contributed by atoms with van der Waals surface area (Å²) < 4.78 is 6.01. The molecule has 1 N–H and O–H groups in total. The fourth-order valence-corrected chi connectivity index (χ4v) is 5.27. The van der Waals surface area contributed by atoms with Crippen molar-refractivity contribution in [2.45, 2.75) is 90.2 Å². The average Bonchev–Trinajstić information content (AvgIpc) is 3.55. The summed E-state index contributed by atoms with van der Waals surface area (Å²) in [5, 5.41) is 3.63. The van der Waals surface area contributed by atoms with Crippen LogP contribution in [0.3, 0.4) is 0 Å². The van der Waals surface area contributed by atoms with Crippen molar-refractivity contribution in [3.8, 4) is 5.75 Å². The quantitative estimate of drug-likeness (QED) is 0.0898. The van der Waals surface area contributed by atoms with E-state index in [-0.39, 0.29) is 37.1 Å². The number of nitrogens with one attached hydrogen (secondary N) is 1. The highest BCUT2D eigenvalue weighted by Crippen LogP contribution is 2.22. The van der Waals surface area contributed by atoms with Gasteiger partial charge in [-0.1, -0.05) is 79.3 Å². The lowest BCUT2D eigenvalue weighted by molar-refractivity contribution is -0.135. The van der Waals surface area contributed by atoms with E-state index in [4.69, 9.17) is 16.3 Å². The molecule has 0 unspecified atom stereocenters. The molecular weight excluding hydrogens is 652 g/mol. The largest absolute Gasteiger partial charge is 0.478 e. The molecule has 2 amide bonds. The van der Waals surface area contributed by atoms with Gasteiger partial charge in [0.1, 0.15) is 5.75 Å². The number of rotatable bonds is 19. The van der Waals surface area contributed by atoms with Gasteiger partial charge in [0.05, 0.1) is 0 Å². The SMILES string of the molecule is CC/C=C\C/C=C\C/C=C\C/C=C\C/C=C\CCCC(=O)N1CC[C@H](NC(=O)C(C)(C)Oc2ccc(C(=O)c3ccc(Cl)cc3)cc2)C1.S. The minimum absolute atomic E-state index is 0. The highest BCUT2D eigenvalue weighted by molar-refractivity contribution is 7.59. The van der Waals surface area contributed by atoms with Gasteiger partial charge in [0.2, 0.25) is 5.91 Å². The molecule has 0 saturated carbocycles. The van der Waals surface area contributed by atoms with Crippen LogP contribution in [0.5, 0.6) is 5.75 Å².